The van der Waals surface area contributed by atoms with Crippen LogP contribution in [0.1, 0.15) is 13.3 Å². The van der Waals surface area contributed by atoms with Crippen LogP contribution in [0.5, 0.6) is 0 Å². The summed E-state index contributed by atoms with van der Waals surface area (Å²) < 4.78 is 15.7. The van der Waals surface area contributed by atoms with Crippen molar-refractivity contribution >= 4 is 5.69 Å². The molecule has 2 aromatic rings. The number of hydrogen-bond donors (Lipinski definition) is 1. The molecule has 0 bridgehead atoms. The third kappa shape index (κ3) is 3.81. The molecule has 0 aliphatic rings. The number of nitrogens with zero attached hydrogens (tertiary/aromatic N) is 2. The first-order chi connectivity index (χ1) is 10.1. The van der Waals surface area contributed by atoms with Crippen molar-refractivity contribution in [1.82, 2.24) is 9.13 Å². The van der Waals surface area contributed by atoms with Crippen LogP contribution < -0.4 is 16.6 Å². The average Bonchev–Trinajstić information content (AvgIpc) is 2.46. The minimum absolute atomic E-state index is 0.235. The fourth-order valence-electron chi connectivity index (χ4n) is 2.08. The van der Waals surface area contributed by atoms with Crippen molar-refractivity contribution in [1.29, 1.82) is 0 Å². The normalized spacial score (nSPS) is 10.6. The van der Waals surface area contributed by atoms with E-state index in [1.165, 1.54) is 33.5 Å². The molecule has 0 radical (unpaired) electrons. The van der Waals surface area contributed by atoms with E-state index < -0.39 is 0 Å². The van der Waals surface area contributed by atoms with Crippen molar-refractivity contribution < 1.29 is 4.39 Å². The molecule has 0 amide bonds. The summed E-state index contributed by atoms with van der Waals surface area (Å²) in [5, 5.41) is 2.99. The summed E-state index contributed by atoms with van der Waals surface area (Å²) in [5.74, 6) is -0.331. The zero-order valence-corrected chi connectivity index (χ0v) is 11.9. The Labute approximate surface area is 121 Å². The first-order valence-electron chi connectivity index (χ1n) is 6.91. The highest BCUT2D eigenvalue weighted by Gasteiger charge is 2.04. The molecule has 0 saturated heterocycles. The van der Waals surface area contributed by atoms with Gasteiger partial charge in [-0.05, 0) is 24.6 Å². The van der Waals surface area contributed by atoms with Crippen molar-refractivity contribution in [2.75, 3.05) is 11.9 Å². The van der Waals surface area contributed by atoms with E-state index >= 15 is 0 Å². The maximum Gasteiger partial charge on any atom is 0.331 e. The second-order valence-corrected chi connectivity index (χ2v) is 4.72. The van der Waals surface area contributed by atoms with Gasteiger partial charge in [0.25, 0.3) is 5.56 Å². The summed E-state index contributed by atoms with van der Waals surface area (Å²) in [6.45, 7) is 3.15. The summed E-state index contributed by atoms with van der Waals surface area (Å²) in [6.07, 6.45) is 2.34. The average molecular weight is 291 g/mol. The van der Waals surface area contributed by atoms with E-state index in [4.69, 9.17) is 0 Å². The minimum atomic E-state index is -0.331. The molecule has 0 aliphatic carbocycles. The molecule has 5 nitrogen and oxygen atoms in total. The van der Waals surface area contributed by atoms with Gasteiger partial charge in [0.1, 0.15) is 5.82 Å². The summed E-state index contributed by atoms with van der Waals surface area (Å²) in [6, 6.07) is 7.44. The Hall–Kier alpha value is -2.37. The molecule has 0 aliphatic heterocycles. The van der Waals surface area contributed by atoms with Gasteiger partial charge in [0, 0.05) is 37.6 Å². The van der Waals surface area contributed by atoms with Crippen molar-refractivity contribution in [2.45, 2.75) is 26.4 Å². The largest absolute Gasteiger partial charge is 0.383 e. The Kier molecular flexibility index (Phi) is 4.92. The van der Waals surface area contributed by atoms with Gasteiger partial charge in [0.05, 0.1) is 0 Å². The number of nitrogens with one attached hydrogen (secondary N) is 1. The molecule has 6 heteroatoms. The van der Waals surface area contributed by atoms with Crippen molar-refractivity contribution in [3.8, 4) is 0 Å². The lowest BCUT2D eigenvalue weighted by Crippen LogP contribution is -2.40. The number of rotatable bonds is 6. The van der Waals surface area contributed by atoms with E-state index in [2.05, 4.69) is 5.32 Å². The fourth-order valence-corrected chi connectivity index (χ4v) is 2.08. The molecule has 0 atom stereocenters. The van der Waals surface area contributed by atoms with Gasteiger partial charge in [0.15, 0.2) is 0 Å². The molecular weight excluding hydrogens is 273 g/mol. The predicted octanol–water partition coefficient (Wildman–Crippen LogP) is 1.67. The van der Waals surface area contributed by atoms with Gasteiger partial charge >= 0.3 is 5.69 Å². The van der Waals surface area contributed by atoms with Crippen LogP contribution in [0.25, 0.3) is 0 Å². The lowest BCUT2D eigenvalue weighted by atomic mass is 10.3. The molecule has 0 fully saturated rings. The highest BCUT2D eigenvalue weighted by Crippen LogP contribution is 2.08. The van der Waals surface area contributed by atoms with Crippen LogP contribution in [0.2, 0.25) is 0 Å². The molecule has 0 spiro atoms. The molecule has 2 rings (SSSR count). The van der Waals surface area contributed by atoms with Crippen LogP contribution in [-0.4, -0.2) is 15.7 Å². The molecule has 1 N–H and O–H groups in total. The fraction of sp³-hybridized carbons (Fsp3) is 0.333. The number of halogens is 1. The summed E-state index contributed by atoms with van der Waals surface area (Å²) >= 11 is 0. The number of aryl methyl sites for hydroxylation is 1. The van der Waals surface area contributed by atoms with Crippen molar-refractivity contribution in [3.63, 3.8) is 0 Å². The first kappa shape index (κ1) is 15.0. The van der Waals surface area contributed by atoms with Crippen LogP contribution in [0.3, 0.4) is 0 Å². The summed E-state index contributed by atoms with van der Waals surface area (Å²) in [5.41, 5.74) is -0.0216. The molecule has 1 heterocycles. The lowest BCUT2D eigenvalue weighted by molar-refractivity contribution is 0.554. The van der Waals surface area contributed by atoms with E-state index in [0.29, 0.717) is 18.8 Å². The number of hydrogen-bond acceptors (Lipinski definition) is 3. The molecule has 0 unspecified atom stereocenters. The maximum absolute atomic E-state index is 13.0. The Balaban J connectivity index is 2.08. The zero-order chi connectivity index (χ0) is 15.2. The molecule has 21 heavy (non-hydrogen) atoms. The Bertz CT molecular complexity index is 721. The second kappa shape index (κ2) is 6.88. The van der Waals surface area contributed by atoms with E-state index in [0.717, 1.165) is 6.42 Å². The van der Waals surface area contributed by atoms with Crippen LogP contribution in [0, 0.1) is 5.82 Å². The van der Waals surface area contributed by atoms with E-state index in [-0.39, 0.29) is 23.6 Å². The number of anilines is 1. The smallest absolute Gasteiger partial charge is 0.331 e. The summed E-state index contributed by atoms with van der Waals surface area (Å²) in [7, 11) is 0. The van der Waals surface area contributed by atoms with Crippen molar-refractivity contribution in [2.24, 2.45) is 0 Å². The molecule has 1 aromatic heterocycles. The highest BCUT2D eigenvalue weighted by molar-refractivity contribution is 5.42. The van der Waals surface area contributed by atoms with E-state index in [9.17, 15) is 14.0 Å². The third-order valence-corrected chi connectivity index (χ3v) is 3.09. The van der Waals surface area contributed by atoms with Gasteiger partial charge in [0.2, 0.25) is 0 Å². The molecular formula is C15H18FN3O2. The Morgan fingerprint density at radius 1 is 1.19 bits per heavy atom. The van der Waals surface area contributed by atoms with Gasteiger partial charge < -0.3 is 9.88 Å². The SMILES string of the molecule is CCCn1ccc(=O)n(CCNc2cccc(F)c2)c1=O. The highest BCUT2D eigenvalue weighted by atomic mass is 19.1. The van der Waals surface area contributed by atoms with E-state index in [1.54, 1.807) is 12.1 Å². The quantitative estimate of drug-likeness (QED) is 0.881. The van der Waals surface area contributed by atoms with E-state index in [1.807, 2.05) is 6.92 Å². The zero-order valence-electron chi connectivity index (χ0n) is 11.9. The molecule has 112 valence electrons. The van der Waals surface area contributed by atoms with Crippen LogP contribution >= 0.6 is 0 Å². The van der Waals surface area contributed by atoms with Gasteiger partial charge in [-0.3, -0.25) is 9.36 Å². The topological polar surface area (TPSA) is 56.0 Å². The lowest BCUT2D eigenvalue weighted by Gasteiger charge is -2.10. The standard InChI is InChI=1S/C15H18FN3O2/c1-2-8-18-9-6-14(20)19(15(18)21)10-7-17-13-5-3-4-12(16)11-13/h3-6,9,11,17H,2,7-8,10H2,1H3. The number of aromatic nitrogens is 2. The van der Waals surface area contributed by atoms with Gasteiger partial charge in [-0.15, -0.1) is 0 Å². The van der Waals surface area contributed by atoms with Crippen LogP contribution in [-0.2, 0) is 13.1 Å². The molecule has 0 saturated carbocycles. The monoisotopic (exact) mass is 291 g/mol. The predicted molar refractivity (Wildman–Crippen MR) is 80.1 cm³/mol. The number of benzene rings is 1. The maximum atomic E-state index is 13.0. The molecule has 1 aromatic carbocycles. The Morgan fingerprint density at radius 3 is 2.71 bits per heavy atom. The van der Waals surface area contributed by atoms with Crippen molar-refractivity contribution in [3.05, 3.63) is 63.2 Å². The second-order valence-electron chi connectivity index (χ2n) is 4.72. The third-order valence-electron chi connectivity index (χ3n) is 3.09. The Morgan fingerprint density at radius 2 is 2.00 bits per heavy atom. The summed E-state index contributed by atoms with van der Waals surface area (Å²) in [4.78, 5) is 23.9. The minimum Gasteiger partial charge on any atom is -0.383 e. The van der Waals surface area contributed by atoms with Gasteiger partial charge in [-0.25, -0.2) is 9.18 Å². The van der Waals surface area contributed by atoms with Crippen LogP contribution in [0.4, 0.5) is 10.1 Å². The van der Waals surface area contributed by atoms with Crippen LogP contribution in [0.15, 0.2) is 46.1 Å². The first-order valence-corrected chi connectivity index (χ1v) is 6.91. The van der Waals surface area contributed by atoms with Gasteiger partial charge in [-0.1, -0.05) is 13.0 Å². The van der Waals surface area contributed by atoms with Gasteiger partial charge in [-0.2, -0.15) is 0 Å².